The molecule has 2 aromatic heterocycles. The Hall–Kier alpha value is -3.71. The molecule has 2 aromatic carbocycles. The molecule has 30 heavy (non-hydrogen) atoms. The second kappa shape index (κ2) is 7.96. The number of pyridine rings is 2. The summed E-state index contributed by atoms with van der Waals surface area (Å²) in [4.78, 5) is 32.9. The molecule has 0 aliphatic heterocycles. The number of methoxy groups -OCH3 is 1. The molecule has 4 aromatic rings. The highest BCUT2D eigenvalue weighted by Crippen LogP contribution is 2.26. The predicted molar refractivity (Wildman–Crippen MR) is 118 cm³/mol. The first-order chi connectivity index (χ1) is 14.5. The molecule has 0 aliphatic rings. The minimum absolute atomic E-state index is 0.0883. The number of hydrogen-bond donors (Lipinski definition) is 2. The Labute approximate surface area is 176 Å². The van der Waals surface area contributed by atoms with Crippen LogP contribution in [-0.4, -0.2) is 29.2 Å². The van der Waals surface area contributed by atoms with E-state index in [0.717, 1.165) is 16.5 Å². The van der Waals surface area contributed by atoms with Gasteiger partial charge in [0.25, 0.3) is 5.91 Å². The summed E-state index contributed by atoms with van der Waals surface area (Å²) in [5.74, 6) is -0.0217. The number of para-hydroxylation sites is 1. The lowest BCUT2D eigenvalue weighted by molar-refractivity contribution is 0.0954. The lowest BCUT2D eigenvalue weighted by Crippen LogP contribution is -2.25. The molecule has 1 amide bonds. The summed E-state index contributed by atoms with van der Waals surface area (Å²) in [5.41, 5.74) is 4.71. The number of fused-ring (bicyclic) bond motifs is 3. The number of ether oxygens (including phenoxy) is 1. The number of carbonyl (C=O) groups is 1. The summed E-state index contributed by atoms with van der Waals surface area (Å²) in [6.45, 7) is 1.89. The monoisotopic (exact) mass is 420 g/mol. The maximum absolute atomic E-state index is 12.9. The van der Waals surface area contributed by atoms with Crippen LogP contribution in [-0.2, 0) is 0 Å². The van der Waals surface area contributed by atoms with Crippen molar-refractivity contribution in [3.63, 3.8) is 0 Å². The van der Waals surface area contributed by atoms with Gasteiger partial charge in [0.05, 0.1) is 18.8 Å². The van der Waals surface area contributed by atoms with E-state index in [1.54, 1.807) is 37.4 Å². The SMILES string of the molecule is COc1ccccc1/C=N/NC(=O)c1cnc2c(ccc3[nH]c(Cl)cc(C)c32)c1=O. The molecule has 150 valence electrons. The third kappa shape index (κ3) is 3.51. The number of amides is 1. The predicted octanol–water partition coefficient (Wildman–Crippen LogP) is 3.81. The van der Waals surface area contributed by atoms with E-state index in [0.29, 0.717) is 27.4 Å². The maximum atomic E-state index is 12.9. The van der Waals surface area contributed by atoms with E-state index in [9.17, 15) is 9.59 Å². The molecule has 0 saturated carbocycles. The van der Waals surface area contributed by atoms with Crippen LogP contribution in [0.25, 0.3) is 21.8 Å². The van der Waals surface area contributed by atoms with Crippen LogP contribution in [0.3, 0.4) is 0 Å². The number of carbonyl (C=O) groups excluding carboxylic acids is 1. The lowest BCUT2D eigenvalue weighted by atomic mass is 10.0. The highest BCUT2D eigenvalue weighted by Gasteiger charge is 2.16. The van der Waals surface area contributed by atoms with Crippen molar-refractivity contribution >= 4 is 45.5 Å². The second-order valence-electron chi connectivity index (χ2n) is 6.63. The van der Waals surface area contributed by atoms with Gasteiger partial charge < -0.3 is 9.72 Å². The highest BCUT2D eigenvalue weighted by molar-refractivity contribution is 6.30. The van der Waals surface area contributed by atoms with Gasteiger partial charge >= 0.3 is 0 Å². The van der Waals surface area contributed by atoms with Crippen molar-refractivity contribution in [2.24, 2.45) is 5.10 Å². The van der Waals surface area contributed by atoms with Crippen molar-refractivity contribution in [2.45, 2.75) is 6.92 Å². The fourth-order valence-corrected chi connectivity index (χ4v) is 3.59. The van der Waals surface area contributed by atoms with E-state index in [1.165, 1.54) is 12.4 Å². The molecule has 0 fully saturated rings. The zero-order chi connectivity index (χ0) is 21.3. The van der Waals surface area contributed by atoms with Crippen molar-refractivity contribution < 1.29 is 9.53 Å². The van der Waals surface area contributed by atoms with Crippen LogP contribution in [0.15, 0.2) is 58.6 Å². The fourth-order valence-electron chi connectivity index (χ4n) is 3.33. The number of aromatic amines is 1. The van der Waals surface area contributed by atoms with Gasteiger partial charge in [-0.25, -0.2) is 5.43 Å². The molecular weight excluding hydrogens is 404 g/mol. The summed E-state index contributed by atoms with van der Waals surface area (Å²) >= 11 is 6.07. The van der Waals surface area contributed by atoms with E-state index in [-0.39, 0.29) is 5.56 Å². The summed E-state index contributed by atoms with van der Waals surface area (Å²) in [5, 5.41) is 5.56. The minimum atomic E-state index is -0.639. The van der Waals surface area contributed by atoms with Crippen LogP contribution >= 0.6 is 11.6 Å². The van der Waals surface area contributed by atoms with Crippen molar-refractivity contribution in [1.82, 2.24) is 15.4 Å². The number of aromatic nitrogens is 2. The Kier molecular flexibility index (Phi) is 5.20. The Morgan fingerprint density at radius 1 is 1.27 bits per heavy atom. The lowest BCUT2D eigenvalue weighted by Gasteiger charge is -2.08. The molecular formula is C22H17ClN4O3. The Balaban J connectivity index is 1.68. The van der Waals surface area contributed by atoms with E-state index < -0.39 is 11.3 Å². The standard InChI is InChI=1S/C22H17ClN4O3/c1-12-9-18(23)26-16-8-7-14-20(19(12)16)24-11-15(21(14)28)22(29)27-25-10-13-5-3-4-6-17(13)30-2/h3-11,26H,1-2H3,(H,27,29)/b25-10+. The third-order valence-corrected chi connectivity index (χ3v) is 4.94. The topological polar surface area (TPSA) is 96.4 Å². The van der Waals surface area contributed by atoms with Crippen molar-refractivity contribution in [1.29, 1.82) is 0 Å². The number of hydrogen-bond acceptors (Lipinski definition) is 5. The van der Waals surface area contributed by atoms with Crippen LogP contribution in [0.5, 0.6) is 5.75 Å². The minimum Gasteiger partial charge on any atom is -0.496 e. The molecule has 2 heterocycles. The molecule has 0 saturated heterocycles. The van der Waals surface area contributed by atoms with Crippen LogP contribution in [0.1, 0.15) is 21.5 Å². The van der Waals surface area contributed by atoms with Gasteiger partial charge in [0.2, 0.25) is 5.43 Å². The molecule has 0 bridgehead atoms. The molecule has 0 radical (unpaired) electrons. The summed E-state index contributed by atoms with van der Waals surface area (Å²) in [6, 6.07) is 12.4. The number of rotatable bonds is 4. The van der Waals surface area contributed by atoms with Gasteiger partial charge in [-0.05, 0) is 42.8 Å². The number of hydrazone groups is 1. The molecule has 0 aliphatic carbocycles. The number of halogens is 1. The number of benzene rings is 2. The van der Waals surface area contributed by atoms with Crippen molar-refractivity contribution in [3.05, 3.63) is 80.7 Å². The third-order valence-electron chi connectivity index (χ3n) is 4.73. The number of nitrogens with one attached hydrogen (secondary N) is 2. The van der Waals surface area contributed by atoms with Crippen LogP contribution in [0.2, 0.25) is 5.15 Å². The summed E-state index contributed by atoms with van der Waals surface area (Å²) in [6.07, 6.45) is 2.72. The molecule has 0 atom stereocenters. The molecule has 2 N–H and O–H groups in total. The molecule has 7 nitrogen and oxygen atoms in total. The Morgan fingerprint density at radius 2 is 2.07 bits per heavy atom. The average molecular weight is 421 g/mol. The fraction of sp³-hybridized carbons (Fsp3) is 0.0909. The molecule has 4 rings (SSSR count). The van der Waals surface area contributed by atoms with Gasteiger partial charge in [0.1, 0.15) is 16.5 Å². The van der Waals surface area contributed by atoms with Gasteiger partial charge in [0.15, 0.2) is 0 Å². The molecule has 0 spiro atoms. The van der Waals surface area contributed by atoms with Crippen LogP contribution in [0, 0.1) is 6.92 Å². The largest absolute Gasteiger partial charge is 0.496 e. The average Bonchev–Trinajstić information content (AvgIpc) is 2.73. The van der Waals surface area contributed by atoms with E-state index in [2.05, 4.69) is 20.5 Å². The van der Waals surface area contributed by atoms with Gasteiger partial charge in [-0.1, -0.05) is 23.7 Å². The second-order valence-corrected chi connectivity index (χ2v) is 7.03. The zero-order valence-corrected chi connectivity index (χ0v) is 16.9. The molecule has 0 unspecified atom stereocenters. The van der Waals surface area contributed by atoms with E-state index in [1.807, 2.05) is 19.1 Å². The number of H-pyrrole nitrogens is 1. The van der Waals surface area contributed by atoms with Crippen LogP contribution in [0.4, 0.5) is 0 Å². The first kappa shape index (κ1) is 19.6. The quantitative estimate of drug-likeness (QED) is 0.227. The molecule has 8 heteroatoms. The van der Waals surface area contributed by atoms with Crippen molar-refractivity contribution in [2.75, 3.05) is 7.11 Å². The summed E-state index contributed by atoms with van der Waals surface area (Å²) in [7, 11) is 1.55. The Bertz CT molecular complexity index is 1380. The normalized spacial score (nSPS) is 11.3. The summed E-state index contributed by atoms with van der Waals surface area (Å²) < 4.78 is 5.23. The van der Waals surface area contributed by atoms with E-state index >= 15 is 0 Å². The first-order valence-corrected chi connectivity index (χ1v) is 9.44. The van der Waals surface area contributed by atoms with Crippen molar-refractivity contribution in [3.8, 4) is 5.75 Å². The van der Waals surface area contributed by atoms with Gasteiger partial charge in [-0.3, -0.25) is 14.6 Å². The Morgan fingerprint density at radius 3 is 2.87 bits per heavy atom. The van der Waals surface area contributed by atoms with E-state index in [4.69, 9.17) is 16.3 Å². The van der Waals surface area contributed by atoms with Gasteiger partial charge in [-0.2, -0.15) is 5.10 Å². The van der Waals surface area contributed by atoms with Gasteiger partial charge in [0, 0.05) is 28.0 Å². The zero-order valence-electron chi connectivity index (χ0n) is 16.2. The highest BCUT2D eigenvalue weighted by atomic mass is 35.5. The number of aryl methyl sites for hydroxylation is 1. The first-order valence-electron chi connectivity index (χ1n) is 9.07. The maximum Gasteiger partial charge on any atom is 0.276 e. The van der Waals surface area contributed by atoms with Gasteiger partial charge in [-0.15, -0.1) is 0 Å². The number of nitrogens with zero attached hydrogens (tertiary/aromatic N) is 2. The smallest absolute Gasteiger partial charge is 0.276 e. The van der Waals surface area contributed by atoms with Crippen LogP contribution < -0.4 is 15.6 Å².